The Morgan fingerprint density at radius 1 is 1.00 bits per heavy atom. The molecule has 0 bridgehead atoms. The quantitative estimate of drug-likeness (QED) is 0.393. The molecule has 0 N–H and O–H groups in total. The summed E-state index contributed by atoms with van der Waals surface area (Å²) in [6, 6.07) is 12.7. The number of halogens is 3. The maximum atomic E-state index is 6.42. The van der Waals surface area contributed by atoms with Gasteiger partial charge in [0.1, 0.15) is 17.1 Å². The Bertz CT molecular complexity index is 1060. The fraction of sp³-hybridized carbons (Fsp3) is 0.0526. The zero-order chi connectivity index (χ0) is 18.3. The van der Waals surface area contributed by atoms with Crippen molar-refractivity contribution < 1.29 is 4.42 Å². The summed E-state index contributed by atoms with van der Waals surface area (Å²) in [6.45, 7) is 1.88. The molecule has 0 saturated carbocycles. The Morgan fingerprint density at radius 2 is 1.77 bits per heavy atom. The van der Waals surface area contributed by atoms with E-state index in [0.29, 0.717) is 26.5 Å². The van der Waals surface area contributed by atoms with Crippen LogP contribution in [-0.2, 0) is 0 Å². The van der Waals surface area contributed by atoms with Gasteiger partial charge in [0.25, 0.3) is 0 Å². The van der Waals surface area contributed by atoms with Crippen LogP contribution in [0.25, 0.3) is 28.4 Å². The molecule has 0 amide bonds. The van der Waals surface area contributed by atoms with Gasteiger partial charge in [-0.05, 0) is 49.4 Å². The van der Waals surface area contributed by atoms with Crippen molar-refractivity contribution in [3.05, 3.63) is 75.7 Å². The molecular weight excluding hydrogens is 393 g/mol. The third-order valence-corrected chi connectivity index (χ3v) is 4.65. The molecule has 4 aromatic rings. The monoisotopic (exact) mass is 403 g/mol. The number of furan rings is 1. The van der Waals surface area contributed by atoms with Crippen LogP contribution in [0.15, 0.2) is 59.3 Å². The van der Waals surface area contributed by atoms with Gasteiger partial charge in [-0.25, -0.2) is 4.68 Å². The third kappa shape index (κ3) is 3.12. The molecule has 130 valence electrons. The van der Waals surface area contributed by atoms with Crippen molar-refractivity contribution in [3.8, 4) is 28.4 Å². The van der Waals surface area contributed by atoms with Crippen LogP contribution in [0.1, 0.15) is 5.76 Å². The van der Waals surface area contributed by atoms with E-state index in [0.717, 1.165) is 22.7 Å². The Morgan fingerprint density at radius 3 is 2.38 bits per heavy atom. The van der Waals surface area contributed by atoms with Gasteiger partial charge in [0.2, 0.25) is 0 Å². The average Bonchev–Trinajstić information content (AvgIpc) is 3.21. The number of hydrogen-bond donors (Lipinski definition) is 0. The zero-order valence-electron chi connectivity index (χ0n) is 13.6. The predicted molar refractivity (Wildman–Crippen MR) is 104 cm³/mol. The van der Waals surface area contributed by atoms with Crippen molar-refractivity contribution in [1.82, 2.24) is 14.8 Å². The van der Waals surface area contributed by atoms with Gasteiger partial charge in [0.15, 0.2) is 5.76 Å². The van der Waals surface area contributed by atoms with Crippen molar-refractivity contribution in [2.45, 2.75) is 6.92 Å². The number of pyridine rings is 1. The number of rotatable bonds is 3. The van der Waals surface area contributed by atoms with Gasteiger partial charge in [0, 0.05) is 23.0 Å². The molecule has 26 heavy (non-hydrogen) atoms. The number of benzene rings is 1. The minimum atomic E-state index is 0.396. The predicted octanol–water partition coefficient (Wildman–Crippen LogP) is 6.46. The number of aryl methyl sites for hydroxylation is 1. The summed E-state index contributed by atoms with van der Waals surface area (Å²) in [7, 11) is 0. The van der Waals surface area contributed by atoms with Crippen LogP contribution < -0.4 is 0 Å². The summed E-state index contributed by atoms with van der Waals surface area (Å²) in [4.78, 5) is 4.15. The minimum Gasteiger partial charge on any atom is -0.460 e. The second-order valence-corrected chi connectivity index (χ2v) is 6.95. The highest BCUT2D eigenvalue weighted by Crippen LogP contribution is 2.37. The van der Waals surface area contributed by atoms with E-state index in [2.05, 4.69) is 4.98 Å². The van der Waals surface area contributed by atoms with Crippen LogP contribution in [0, 0.1) is 6.92 Å². The lowest BCUT2D eigenvalue weighted by atomic mass is 10.2. The van der Waals surface area contributed by atoms with Crippen LogP contribution >= 0.6 is 34.8 Å². The Kier molecular flexibility index (Phi) is 4.49. The Balaban J connectivity index is 1.98. The molecule has 3 heterocycles. The molecule has 4 rings (SSSR count). The van der Waals surface area contributed by atoms with Crippen LogP contribution in [0.3, 0.4) is 0 Å². The fourth-order valence-corrected chi connectivity index (χ4v) is 3.67. The molecule has 0 saturated heterocycles. The standard InChI is InChI=1S/C19H12Cl3N3O/c1-11-4-5-18(26-11)17-9-16(12-3-2-6-23-10-12)24-25(17)19-14(21)7-13(20)8-15(19)22/h2-10H,1H3. The molecule has 4 nitrogen and oxygen atoms in total. The lowest BCUT2D eigenvalue weighted by molar-refractivity contribution is 0.544. The Hall–Kier alpha value is -2.27. The molecule has 3 aromatic heterocycles. The van der Waals surface area contributed by atoms with Crippen molar-refractivity contribution >= 4 is 34.8 Å². The van der Waals surface area contributed by atoms with Crippen molar-refractivity contribution in [1.29, 1.82) is 0 Å². The molecule has 0 aliphatic rings. The first kappa shape index (κ1) is 17.2. The maximum Gasteiger partial charge on any atom is 0.152 e. The maximum absolute atomic E-state index is 6.42. The summed E-state index contributed by atoms with van der Waals surface area (Å²) >= 11 is 18.9. The van der Waals surface area contributed by atoms with Crippen LogP contribution in [0.4, 0.5) is 0 Å². The smallest absolute Gasteiger partial charge is 0.152 e. The lowest BCUT2D eigenvalue weighted by Crippen LogP contribution is -2.01. The summed E-state index contributed by atoms with van der Waals surface area (Å²) in [5.41, 5.74) is 2.86. The van der Waals surface area contributed by atoms with Crippen molar-refractivity contribution in [3.63, 3.8) is 0 Å². The van der Waals surface area contributed by atoms with E-state index in [9.17, 15) is 0 Å². The van der Waals surface area contributed by atoms with Crippen molar-refractivity contribution in [2.75, 3.05) is 0 Å². The minimum absolute atomic E-state index is 0.396. The fourth-order valence-electron chi connectivity index (χ4n) is 2.69. The summed E-state index contributed by atoms with van der Waals surface area (Å²) in [5, 5.41) is 5.94. The largest absolute Gasteiger partial charge is 0.460 e. The molecule has 7 heteroatoms. The second-order valence-electron chi connectivity index (χ2n) is 5.70. The lowest BCUT2D eigenvalue weighted by Gasteiger charge is -2.10. The second kappa shape index (κ2) is 6.80. The van der Waals surface area contributed by atoms with E-state index >= 15 is 0 Å². The molecule has 0 radical (unpaired) electrons. The van der Waals surface area contributed by atoms with Gasteiger partial charge in [-0.1, -0.05) is 34.8 Å². The zero-order valence-corrected chi connectivity index (χ0v) is 15.8. The molecule has 0 spiro atoms. The number of aromatic nitrogens is 3. The highest BCUT2D eigenvalue weighted by molar-refractivity contribution is 6.40. The van der Waals surface area contributed by atoms with E-state index in [1.54, 1.807) is 29.2 Å². The summed E-state index contributed by atoms with van der Waals surface area (Å²) < 4.78 is 7.46. The normalized spacial score (nSPS) is 11.1. The molecule has 0 fully saturated rings. The van der Waals surface area contributed by atoms with Gasteiger partial charge in [0.05, 0.1) is 15.7 Å². The van der Waals surface area contributed by atoms with E-state index in [1.165, 1.54) is 0 Å². The first-order valence-electron chi connectivity index (χ1n) is 7.75. The van der Waals surface area contributed by atoms with E-state index in [4.69, 9.17) is 44.3 Å². The average molecular weight is 405 g/mol. The highest BCUT2D eigenvalue weighted by Gasteiger charge is 2.20. The molecule has 0 unspecified atom stereocenters. The molecule has 0 aliphatic heterocycles. The highest BCUT2D eigenvalue weighted by atomic mass is 35.5. The van der Waals surface area contributed by atoms with Gasteiger partial charge < -0.3 is 4.42 Å². The van der Waals surface area contributed by atoms with Crippen LogP contribution in [-0.4, -0.2) is 14.8 Å². The van der Waals surface area contributed by atoms with Crippen LogP contribution in [0.2, 0.25) is 15.1 Å². The van der Waals surface area contributed by atoms with Gasteiger partial charge in [-0.3, -0.25) is 4.98 Å². The first-order chi connectivity index (χ1) is 12.5. The Labute approximate surface area is 164 Å². The molecular formula is C19H12Cl3N3O. The van der Waals surface area contributed by atoms with E-state index < -0.39 is 0 Å². The molecule has 0 aliphatic carbocycles. The van der Waals surface area contributed by atoms with Gasteiger partial charge in [-0.2, -0.15) is 5.10 Å². The number of hydrogen-bond acceptors (Lipinski definition) is 3. The SMILES string of the molecule is Cc1ccc(-c2cc(-c3cccnc3)nn2-c2c(Cl)cc(Cl)cc2Cl)o1. The molecule has 1 aromatic carbocycles. The third-order valence-electron chi connectivity index (χ3n) is 3.85. The first-order valence-corrected chi connectivity index (χ1v) is 8.88. The van der Waals surface area contributed by atoms with Gasteiger partial charge in [-0.15, -0.1) is 0 Å². The summed E-state index contributed by atoms with van der Waals surface area (Å²) in [5.74, 6) is 1.45. The van der Waals surface area contributed by atoms with Crippen LogP contribution in [0.5, 0.6) is 0 Å². The van der Waals surface area contributed by atoms with E-state index in [-0.39, 0.29) is 0 Å². The summed E-state index contributed by atoms with van der Waals surface area (Å²) in [6.07, 6.45) is 3.46. The van der Waals surface area contributed by atoms with Gasteiger partial charge >= 0.3 is 0 Å². The topological polar surface area (TPSA) is 43.9 Å². The van der Waals surface area contributed by atoms with E-state index in [1.807, 2.05) is 37.3 Å². The van der Waals surface area contributed by atoms with Crippen molar-refractivity contribution in [2.24, 2.45) is 0 Å². The molecule has 0 atom stereocenters. The number of nitrogens with zero attached hydrogens (tertiary/aromatic N) is 3.